The van der Waals surface area contributed by atoms with Gasteiger partial charge in [0.15, 0.2) is 11.6 Å². The van der Waals surface area contributed by atoms with Crippen molar-refractivity contribution in [1.29, 1.82) is 0 Å². The molecule has 1 saturated carbocycles. The van der Waals surface area contributed by atoms with E-state index in [0.717, 1.165) is 38.5 Å². The van der Waals surface area contributed by atoms with Gasteiger partial charge in [-0.25, -0.2) is 8.78 Å². The summed E-state index contributed by atoms with van der Waals surface area (Å²) in [5.41, 5.74) is 1.13. The average molecular weight is 320 g/mol. The van der Waals surface area contributed by atoms with E-state index in [1.54, 1.807) is 0 Å². The van der Waals surface area contributed by atoms with E-state index in [-0.39, 0.29) is 5.92 Å². The highest BCUT2D eigenvalue weighted by Gasteiger charge is 2.25. The number of aryl methyl sites for hydroxylation is 1. The fraction of sp³-hybridized carbons (Fsp3) is 0.619. The molecular formula is C21H30F2. The van der Waals surface area contributed by atoms with Gasteiger partial charge < -0.3 is 0 Å². The predicted molar refractivity (Wildman–Crippen MR) is 93.7 cm³/mol. The summed E-state index contributed by atoms with van der Waals surface area (Å²) in [5, 5.41) is 0. The van der Waals surface area contributed by atoms with E-state index in [1.807, 2.05) is 18.2 Å². The lowest BCUT2D eigenvalue weighted by molar-refractivity contribution is 0.363. The normalized spacial score (nSPS) is 21.3. The van der Waals surface area contributed by atoms with Crippen LogP contribution < -0.4 is 0 Å². The van der Waals surface area contributed by atoms with Gasteiger partial charge in [-0.05, 0) is 61.5 Å². The molecule has 1 aromatic carbocycles. The Bertz CT molecular complexity index is 499. The molecule has 0 heterocycles. The van der Waals surface area contributed by atoms with E-state index in [1.165, 1.54) is 19.3 Å². The molecule has 1 fully saturated rings. The van der Waals surface area contributed by atoms with Gasteiger partial charge in [0, 0.05) is 0 Å². The van der Waals surface area contributed by atoms with Crippen LogP contribution in [-0.4, -0.2) is 0 Å². The Balaban J connectivity index is 1.96. The second kappa shape index (κ2) is 9.20. The lowest BCUT2D eigenvalue weighted by Gasteiger charge is -2.27. The Kier molecular flexibility index (Phi) is 7.26. The summed E-state index contributed by atoms with van der Waals surface area (Å²) in [5.74, 6) is -0.497. The number of benzene rings is 1. The average Bonchev–Trinajstić information content (AvgIpc) is 2.58. The molecule has 2 rings (SSSR count). The molecule has 0 N–H and O–H groups in total. The highest BCUT2D eigenvalue weighted by atomic mass is 19.2. The second-order valence-electron chi connectivity index (χ2n) is 6.95. The van der Waals surface area contributed by atoms with Crippen molar-refractivity contribution in [2.24, 2.45) is 5.92 Å². The Morgan fingerprint density at radius 2 is 1.70 bits per heavy atom. The van der Waals surface area contributed by atoms with Crippen LogP contribution in [0.5, 0.6) is 0 Å². The monoisotopic (exact) mass is 320 g/mol. The van der Waals surface area contributed by atoms with Gasteiger partial charge in [-0.3, -0.25) is 0 Å². The maximum absolute atomic E-state index is 14.5. The van der Waals surface area contributed by atoms with Gasteiger partial charge in [0.1, 0.15) is 0 Å². The molecule has 0 atom stereocenters. The topological polar surface area (TPSA) is 0 Å². The third kappa shape index (κ3) is 4.89. The maximum Gasteiger partial charge on any atom is 0.162 e. The van der Waals surface area contributed by atoms with Gasteiger partial charge in [0.05, 0.1) is 0 Å². The van der Waals surface area contributed by atoms with Crippen LogP contribution in [0.2, 0.25) is 0 Å². The highest BCUT2D eigenvalue weighted by molar-refractivity contribution is 5.29. The van der Waals surface area contributed by atoms with Crippen LogP contribution in [0.3, 0.4) is 0 Å². The number of unbranched alkanes of at least 4 members (excludes halogenated alkanes) is 4. The minimum Gasteiger partial charge on any atom is -0.203 e. The molecular weight excluding hydrogens is 290 g/mol. The molecule has 0 nitrogen and oxygen atoms in total. The summed E-state index contributed by atoms with van der Waals surface area (Å²) in [4.78, 5) is 0. The lowest BCUT2D eigenvalue weighted by Crippen LogP contribution is -2.14. The van der Waals surface area contributed by atoms with Crippen LogP contribution in [0.1, 0.15) is 81.8 Å². The number of halogens is 2. The maximum atomic E-state index is 14.5. The van der Waals surface area contributed by atoms with E-state index in [9.17, 15) is 8.78 Å². The van der Waals surface area contributed by atoms with E-state index >= 15 is 0 Å². The van der Waals surface area contributed by atoms with Crippen LogP contribution in [0.4, 0.5) is 8.78 Å². The molecule has 0 saturated heterocycles. The molecule has 1 aliphatic rings. The SMILES string of the molecule is C=CC1CCC(c2ccc(CCCCCCC)c(F)c2F)CC1. The van der Waals surface area contributed by atoms with Crippen LogP contribution >= 0.6 is 0 Å². The Morgan fingerprint density at radius 3 is 2.35 bits per heavy atom. The van der Waals surface area contributed by atoms with Crippen molar-refractivity contribution in [1.82, 2.24) is 0 Å². The fourth-order valence-corrected chi connectivity index (χ4v) is 3.70. The Hall–Kier alpha value is -1.18. The quantitative estimate of drug-likeness (QED) is 0.359. The van der Waals surface area contributed by atoms with Gasteiger partial charge in [0.2, 0.25) is 0 Å². The zero-order valence-electron chi connectivity index (χ0n) is 14.4. The van der Waals surface area contributed by atoms with E-state index < -0.39 is 11.6 Å². The summed E-state index contributed by atoms with van der Waals surface area (Å²) in [6.45, 7) is 6.02. The van der Waals surface area contributed by atoms with Crippen LogP contribution in [0.25, 0.3) is 0 Å². The molecule has 0 aliphatic heterocycles. The van der Waals surface area contributed by atoms with Gasteiger partial charge >= 0.3 is 0 Å². The summed E-state index contributed by atoms with van der Waals surface area (Å²) in [7, 11) is 0. The van der Waals surface area contributed by atoms with Crippen molar-refractivity contribution in [2.75, 3.05) is 0 Å². The zero-order chi connectivity index (χ0) is 16.7. The molecule has 0 radical (unpaired) electrons. The third-order valence-corrected chi connectivity index (χ3v) is 5.29. The minimum absolute atomic E-state index is 0.166. The highest BCUT2D eigenvalue weighted by Crippen LogP contribution is 2.38. The number of hydrogen-bond donors (Lipinski definition) is 0. The number of rotatable bonds is 8. The summed E-state index contributed by atoms with van der Waals surface area (Å²) in [6, 6.07) is 3.64. The fourth-order valence-electron chi connectivity index (χ4n) is 3.70. The van der Waals surface area contributed by atoms with Crippen molar-refractivity contribution in [3.8, 4) is 0 Å². The summed E-state index contributed by atoms with van der Waals surface area (Å²) >= 11 is 0. The smallest absolute Gasteiger partial charge is 0.162 e. The van der Waals surface area contributed by atoms with Gasteiger partial charge in [-0.15, -0.1) is 6.58 Å². The molecule has 0 bridgehead atoms. The third-order valence-electron chi connectivity index (χ3n) is 5.29. The van der Waals surface area contributed by atoms with Crippen molar-refractivity contribution in [2.45, 2.75) is 77.0 Å². The Labute approximate surface area is 140 Å². The Morgan fingerprint density at radius 1 is 1.00 bits per heavy atom. The first-order valence-electron chi connectivity index (χ1n) is 9.26. The van der Waals surface area contributed by atoms with Gasteiger partial charge in [-0.2, -0.15) is 0 Å². The molecule has 0 unspecified atom stereocenters. The number of allylic oxidation sites excluding steroid dienone is 1. The largest absolute Gasteiger partial charge is 0.203 e. The first kappa shape index (κ1) is 18.2. The van der Waals surface area contributed by atoms with Gasteiger partial charge in [0.25, 0.3) is 0 Å². The zero-order valence-corrected chi connectivity index (χ0v) is 14.4. The first-order chi connectivity index (χ1) is 11.2. The van der Waals surface area contributed by atoms with Crippen molar-refractivity contribution < 1.29 is 8.78 Å². The van der Waals surface area contributed by atoms with Crippen molar-refractivity contribution in [3.05, 3.63) is 47.5 Å². The van der Waals surface area contributed by atoms with Gasteiger partial charge in [-0.1, -0.05) is 50.8 Å². The van der Waals surface area contributed by atoms with E-state index in [4.69, 9.17) is 0 Å². The molecule has 23 heavy (non-hydrogen) atoms. The first-order valence-corrected chi connectivity index (χ1v) is 9.26. The minimum atomic E-state index is -0.608. The second-order valence-corrected chi connectivity index (χ2v) is 6.95. The van der Waals surface area contributed by atoms with Crippen LogP contribution in [0, 0.1) is 17.6 Å². The van der Waals surface area contributed by atoms with E-state index in [2.05, 4.69) is 13.5 Å². The van der Waals surface area contributed by atoms with Crippen molar-refractivity contribution >= 4 is 0 Å². The molecule has 0 aromatic heterocycles. The van der Waals surface area contributed by atoms with Crippen molar-refractivity contribution in [3.63, 3.8) is 0 Å². The molecule has 1 aromatic rings. The molecule has 2 heteroatoms. The predicted octanol–water partition coefficient (Wildman–Crippen LogP) is 6.94. The summed E-state index contributed by atoms with van der Waals surface area (Å²) < 4.78 is 28.8. The van der Waals surface area contributed by atoms with Crippen LogP contribution in [0.15, 0.2) is 24.8 Å². The standard InChI is InChI=1S/C21H30F2/c1-3-5-6-7-8-9-18-14-15-19(21(23)20(18)22)17-12-10-16(4-2)11-13-17/h4,14-17H,2-3,5-13H2,1H3. The lowest BCUT2D eigenvalue weighted by atomic mass is 9.78. The summed E-state index contributed by atoms with van der Waals surface area (Å²) in [6.07, 6.45) is 12.2. The van der Waals surface area contributed by atoms with Crippen LogP contribution in [-0.2, 0) is 6.42 Å². The molecule has 128 valence electrons. The molecule has 0 spiro atoms. The van der Waals surface area contributed by atoms with E-state index in [0.29, 0.717) is 23.5 Å². The number of hydrogen-bond acceptors (Lipinski definition) is 0. The molecule has 1 aliphatic carbocycles. The molecule has 0 amide bonds.